The van der Waals surface area contributed by atoms with Gasteiger partial charge >= 0.3 is 0 Å². The fraction of sp³-hybridized carbons (Fsp3) is 0.571. The van der Waals surface area contributed by atoms with Crippen LogP contribution in [-0.4, -0.2) is 28.9 Å². The topological polar surface area (TPSA) is 38.3 Å². The van der Waals surface area contributed by atoms with Crippen LogP contribution in [0.25, 0.3) is 0 Å². The van der Waals surface area contributed by atoms with Gasteiger partial charge in [-0.2, -0.15) is 0 Å². The van der Waals surface area contributed by atoms with E-state index in [1.54, 1.807) is 6.26 Å². The zero-order valence-corrected chi connectivity index (χ0v) is 12.0. The molecule has 18 heavy (non-hydrogen) atoms. The molecule has 0 saturated heterocycles. The minimum atomic E-state index is -0.751. The van der Waals surface area contributed by atoms with E-state index in [0.717, 1.165) is 18.8 Å². The van der Waals surface area contributed by atoms with Crippen molar-refractivity contribution in [3.63, 3.8) is 0 Å². The van der Waals surface area contributed by atoms with Gasteiger partial charge in [0.1, 0.15) is 5.75 Å². The highest BCUT2D eigenvalue weighted by molar-refractivity contribution is 7.84. The van der Waals surface area contributed by atoms with Gasteiger partial charge in [0.25, 0.3) is 0 Å². The SMILES string of the molecule is CC(CS(C)=O)NC(C)c1ccc2c(c1)CCO2. The van der Waals surface area contributed by atoms with Crippen molar-refractivity contribution >= 4 is 10.8 Å². The van der Waals surface area contributed by atoms with Gasteiger partial charge in [0.2, 0.25) is 0 Å². The Hall–Kier alpha value is -0.870. The number of hydrogen-bond acceptors (Lipinski definition) is 3. The Balaban J connectivity index is 2.00. The summed E-state index contributed by atoms with van der Waals surface area (Å²) < 4.78 is 16.7. The van der Waals surface area contributed by atoms with Gasteiger partial charge in [0.15, 0.2) is 0 Å². The summed E-state index contributed by atoms with van der Waals surface area (Å²) in [4.78, 5) is 0. The summed E-state index contributed by atoms with van der Waals surface area (Å²) in [6.07, 6.45) is 2.75. The molecule has 1 aromatic carbocycles. The fourth-order valence-electron chi connectivity index (χ4n) is 2.40. The third kappa shape index (κ3) is 3.33. The third-order valence-electron chi connectivity index (χ3n) is 3.23. The van der Waals surface area contributed by atoms with Crippen molar-refractivity contribution in [3.05, 3.63) is 29.3 Å². The van der Waals surface area contributed by atoms with Crippen LogP contribution in [0.4, 0.5) is 0 Å². The molecule has 2 rings (SSSR count). The number of ether oxygens (including phenoxy) is 1. The van der Waals surface area contributed by atoms with E-state index in [4.69, 9.17) is 4.74 Å². The quantitative estimate of drug-likeness (QED) is 0.887. The zero-order chi connectivity index (χ0) is 13.1. The summed E-state index contributed by atoms with van der Waals surface area (Å²) in [5.74, 6) is 1.71. The summed E-state index contributed by atoms with van der Waals surface area (Å²) in [5.41, 5.74) is 2.57. The van der Waals surface area contributed by atoms with E-state index in [2.05, 4.69) is 37.4 Å². The Morgan fingerprint density at radius 3 is 2.94 bits per heavy atom. The monoisotopic (exact) mass is 267 g/mol. The van der Waals surface area contributed by atoms with Gasteiger partial charge in [-0.1, -0.05) is 12.1 Å². The molecule has 0 amide bonds. The number of nitrogens with one attached hydrogen (secondary N) is 1. The molecule has 3 atom stereocenters. The maximum atomic E-state index is 11.2. The molecule has 0 aliphatic carbocycles. The highest BCUT2D eigenvalue weighted by Crippen LogP contribution is 2.28. The Morgan fingerprint density at radius 1 is 1.44 bits per heavy atom. The second kappa shape index (κ2) is 5.85. The molecule has 4 heteroatoms. The van der Waals surface area contributed by atoms with Crippen LogP contribution in [0.5, 0.6) is 5.75 Å². The molecule has 0 saturated carbocycles. The minimum absolute atomic E-state index is 0.260. The minimum Gasteiger partial charge on any atom is -0.493 e. The van der Waals surface area contributed by atoms with Gasteiger partial charge in [-0.05, 0) is 31.0 Å². The summed E-state index contributed by atoms with van der Waals surface area (Å²) in [6, 6.07) is 6.91. The molecule has 1 aliphatic heterocycles. The molecule has 0 aromatic heterocycles. The van der Waals surface area contributed by atoms with Crippen LogP contribution in [0, 0.1) is 0 Å². The Kier molecular flexibility index (Phi) is 4.40. The van der Waals surface area contributed by atoms with Gasteiger partial charge < -0.3 is 10.1 Å². The van der Waals surface area contributed by atoms with Gasteiger partial charge in [0.05, 0.1) is 6.61 Å². The van der Waals surface area contributed by atoms with E-state index in [1.165, 1.54) is 11.1 Å². The molecule has 0 bridgehead atoms. The van der Waals surface area contributed by atoms with E-state index in [1.807, 2.05) is 0 Å². The molecule has 1 aliphatic rings. The summed E-state index contributed by atoms with van der Waals surface area (Å²) >= 11 is 0. The van der Waals surface area contributed by atoms with Crippen LogP contribution in [0.15, 0.2) is 18.2 Å². The van der Waals surface area contributed by atoms with Crippen LogP contribution >= 0.6 is 0 Å². The predicted molar refractivity (Wildman–Crippen MR) is 75.6 cm³/mol. The standard InChI is InChI=1S/C14H21NO2S/c1-10(9-18(3)16)15-11(2)12-4-5-14-13(8-12)6-7-17-14/h4-5,8,10-11,15H,6-7,9H2,1-3H3. The first-order chi connectivity index (χ1) is 8.56. The van der Waals surface area contributed by atoms with Gasteiger partial charge in [0, 0.05) is 41.3 Å². The third-order valence-corrected chi connectivity index (χ3v) is 4.20. The van der Waals surface area contributed by atoms with E-state index in [-0.39, 0.29) is 12.1 Å². The maximum Gasteiger partial charge on any atom is 0.122 e. The predicted octanol–water partition coefficient (Wildman–Crippen LogP) is 2.04. The second-order valence-corrected chi connectivity index (χ2v) is 6.47. The maximum absolute atomic E-state index is 11.2. The zero-order valence-electron chi connectivity index (χ0n) is 11.2. The lowest BCUT2D eigenvalue weighted by Gasteiger charge is -2.20. The van der Waals surface area contributed by atoms with Crippen molar-refractivity contribution in [1.82, 2.24) is 5.32 Å². The molecule has 1 heterocycles. The molecule has 0 spiro atoms. The lowest BCUT2D eigenvalue weighted by Crippen LogP contribution is -2.33. The van der Waals surface area contributed by atoms with Crippen molar-refractivity contribution in [2.24, 2.45) is 0 Å². The molecule has 1 aromatic rings. The molecular formula is C14H21NO2S. The Bertz CT molecular complexity index is 447. The summed E-state index contributed by atoms with van der Waals surface area (Å²) in [6.45, 7) is 5.02. The fourth-order valence-corrected chi connectivity index (χ4v) is 3.20. The van der Waals surface area contributed by atoms with E-state index in [0.29, 0.717) is 5.75 Å². The van der Waals surface area contributed by atoms with Crippen LogP contribution in [0.2, 0.25) is 0 Å². The van der Waals surface area contributed by atoms with E-state index >= 15 is 0 Å². The van der Waals surface area contributed by atoms with Gasteiger partial charge in [-0.15, -0.1) is 0 Å². The van der Waals surface area contributed by atoms with Gasteiger partial charge in [-0.25, -0.2) is 0 Å². The Morgan fingerprint density at radius 2 is 2.22 bits per heavy atom. The highest BCUT2D eigenvalue weighted by Gasteiger charge is 2.15. The molecule has 1 N–H and O–H groups in total. The Labute approximate surface area is 111 Å². The average Bonchev–Trinajstić information content (AvgIpc) is 2.74. The van der Waals surface area contributed by atoms with Crippen molar-refractivity contribution in [1.29, 1.82) is 0 Å². The summed E-state index contributed by atoms with van der Waals surface area (Å²) in [7, 11) is -0.751. The smallest absolute Gasteiger partial charge is 0.122 e. The number of rotatable bonds is 5. The molecule has 3 nitrogen and oxygen atoms in total. The van der Waals surface area contributed by atoms with Crippen molar-refractivity contribution < 1.29 is 8.95 Å². The molecular weight excluding hydrogens is 246 g/mol. The van der Waals surface area contributed by atoms with Crippen molar-refractivity contribution in [3.8, 4) is 5.75 Å². The number of benzene rings is 1. The molecule has 3 unspecified atom stereocenters. The van der Waals surface area contributed by atoms with Crippen LogP contribution in [0.1, 0.15) is 31.0 Å². The first-order valence-electron chi connectivity index (χ1n) is 6.38. The number of hydrogen-bond donors (Lipinski definition) is 1. The second-order valence-electron chi connectivity index (χ2n) is 4.99. The van der Waals surface area contributed by atoms with E-state index < -0.39 is 10.8 Å². The summed E-state index contributed by atoms with van der Waals surface area (Å²) in [5, 5.41) is 3.48. The van der Waals surface area contributed by atoms with Crippen molar-refractivity contribution in [2.45, 2.75) is 32.4 Å². The highest BCUT2D eigenvalue weighted by atomic mass is 32.2. The van der Waals surface area contributed by atoms with Crippen LogP contribution < -0.4 is 10.1 Å². The lowest BCUT2D eigenvalue weighted by atomic mass is 10.0. The molecule has 0 fully saturated rings. The largest absolute Gasteiger partial charge is 0.493 e. The molecule has 100 valence electrons. The van der Waals surface area contributed by atoms with Crippen LogP contribution in [-0.2, 0) is 17.2 Å². The number of fused-ring (bicyclic) bond motifs is 1. The van der Waals surface area contributed by atoms with Crippen molar-refractivity contribution in [2.75, 3.05) is 18.6 Å². The lowest BCUT2D eigenvalue weighted by molar-refractivity contribution is 0.356. The van der Waals surface area contributed by atoms with Crippen LogP contribution in [0.3, 0.4) is 0 Å². The first-order valence-corrected chi connectivity index (χ1v) is 8.10. The average molecular weight is 267 g/mol. The normalized spacial score (nSPS) is 18.8. The first kappa shape index (κ1) is 13.6. The van der Waals surface area contributed by atoms with E-state index in [9.17, 15) is 4.21 Å². The van der Waals surface area contributed by atoms with Gasteiger partial charge in [-0.3, -0.25) is 4.21 Å². The molecule has 0 radical (unpaired) electrons.